The molecule has 0 bridgehead atoms. The van der Waals surface area contributed by atoms with Crippen molar-refractivity contribution in [3.8, 4) is 0 Å². The molecule has 0 aromatic carbocycles. The first-order valence-electron chi connectivity index (χ1n) is 11.0. The standard InChI is InChI=1S/C24H38N2O6/c1-8-20(28)31-13-16(3)25-19(27)12-24(7)11-18(10-23(5,6)15-24)22(30)26-17(4)14-32-21(29)9-2/h8-9,16-18H,1-2,10-15H2,3-7H3,(H,25,27)(H,26,30). The van der Waals surface area contributed by atoms with Gasteiger partial charge in [0.25, 0.3) is 0 Å². The van der Waals surface area contributed by atoms with Crippen molar-refractivity contribution in [2.45, 2.75) is 72.4 Å². The number of nitrogens with one attached hydrogen (secondary N) is 2. The number of amides is 2. The molecule has 1 fully saturated rings. The fraction of sp³-hybridized carbons (Fsp3) is 0.667. The molecule has 1 rings (SSSR count). The molecule has 8 heteroatoms. The van der Waals surface area contributed by atoms with Crippen molar-refractivity contribution >= 4 is 23.8 Å². The lowest BCUT2D eigenvalue weighted by Gasteiger charge is -2.46. The van der Waals surface area contributed by atoms with E-state index in [-0.39, 0.29) is 60.3 Å². The molecule has 0 spiro atoms. The minimum atomic E-state index is -0.533. The molecule has 0 aliphatic heterocycles. The van der Waals surface area contributed by atoms with E-state index in [0.29, 0.717) is 12.8 Å². The number of rotatable bonds is 11. The number of hydrogen-bond acceptors (Lipinski definition) is 6. The van der Waals surface area contributed by atoms with Crippen LogP contribution in [0.2, 0.25) is 0 Å². The zero-order valence-corrected chi connectivity index (χ0v) is 20.0. The van der Waals surface area contributed by atoms with Gasteiger partial charge in [0, 0.05) is 24.5 Å². The van der Waals surface area contributed by atoms with Crippen LogP contribution in [0.3, 0.4) is 0 Å². The molecule has 1 aliphatic rings. The maximum Gasteiger partial charge on any atom is 0.330 e. The van der Waals surface area contributed by atoms with Gasteiger partial charge in [0.2, 0.25) is 11.8 Å². The summed E-state index contributed by atoms with van der Waals surface area (Å²) >= 11 is 0. The average Bonchev–Trinajstić information content (AvgIpc) is 2.67. The van der Waals surface area contributed by atoms with Gasteiger partial charge in [-0.1, -0.05) is 33.9 Å². The Kier molecular flexibility index (Phi) is 10.1. The molecule has 180 valence electrons. The van der Waals surface area contributed by atoms with Gasteiger partial charge in [0.1, 0.15) is 13.2 Å². The second kappa shape index (κ2) is 11.8. The van der Waals surface area contributed by atoms with Crippen LogP contribution >= 0.6 is 0 Å². The summed E-state index contributed by atoms with van der Waals surface area (Å²) in [6, 6.07) is -0.657. The van der Waals surface area contributed by atoms with Crippen LogP contribution in [0.25, 0.3) is 0 Å². The Morgan fingerprint density at radius 2 is 1.44 bits per heavy atom. The Bertz CT molecular complexity index is 732. The average molecular weight is 451 g/mol. The van der Waals surface area contributed by atoms with E-state index in [2.05, 4.69) is 37.6 Å². The summed E-state index contributed by atoms with van der Waals surface area (Å²) in [5.41, 5.74) is -0.469. The Labute approximate surface area is 191 Å². The molecule has 1 aliphatic carbocycles. The Hall–Kier alpha value is -2.64. The maximum atomic E-state index is 12.9. The van der Waals surface area contributed by atoms with Crippen LogP contribution in [0.15, 0.2) is 25.3 Å². The number of carbonyl (C=O) groups excluding carboxylic acids is 4. The van der Waals surface area contributed by atoms with Crippen molar-refractivity contribution in [1.29, 1.82) is 0 Å². The molecule has 8 nitrogen and oxygen atoms in total. The van der Waals surface area contributed by atoms with E-state index in [1.165, 1.54) is 0 Å². The van der Waals surface area contributed by atoms with E-state index >= 15 is 0 Å². The lowest BCUT2D eigenvalue weighted by atomic mass is 9.59. The largest absolute Gasteiger partial charge is 0.460 e. The Morgan fingerprint density at radius 3 is 1.94 bits per heavy atom. The molecule has 4 atom stereocenters. The smallest absolute Gasteiger partial charge is 0.330 e. The van der Waals surface area contributed by atoms with Gasteiger partial charge in [0.05, 0.1) is 12.1 Å². The normalized spacial score (nSPS) is 23.7. The zero-order valence-electron chi connectivity index (χ0n) is 20.0. The van der Waals surface area contributed by atoms with Crippen LogP contribution in [-0.2, 0) is 28.7 Å². The molecule has 1 saturated carbocycles. The third kappa shape index (κ3) is 9.66. The van der Waals surface area contributed by atoms with Crippen LogP contribution in [0.1, 0.15) is 60.3 Å². The van der Waals surface area contributed by atoms with Crippen molar-refractivity contribution in [3.63, 3.8) is 0 Å². The van der Waals surface area contributed by atoms with E-state index in [4.69, 9.17) is 9.47 Å². The summed E-state index contributed by atoms with van der Waals surface area (Å²) in [5.74, 6) is -1.56. The van der Waals surface area contributed by atoms with Gasteiger partial charge >= 0.3 is 11.9 Å². The van der Waals surface area contributed by atoms with Gasteiger partial charge in [-0.3, -0.25) is 9.59 Å². The summed E-state index contributed by atoms with van der Waals surface area (Å²) in [6.07, 6.45) is 4.53. The van der Waals surface area contributed by atoms with Crippen molar-refractivity contribution in [3.05, 3.63) is 25.3 Å². The molecular weight excluding hydrogens is 412 g/mol. The minimum Gasteiger partial charge on any atom is -0.460 e. The lowest BCUT2D eigenvalue weighted by molar-refractivity contribution is -0.140. The van der Waals surface area contributed by atoms with Crippen LogP contribution in [0.4, 0.5) is 0 Å². The summed E-state index contributed by atoms with van der Waals surface area (Å²) in [4.78, 5) is 48.0. The van der Waals surface area contributed by atoms with Gasteiger partial charge < -0.3 is 20.1 Å². The number of esters is 2. The summed E-state index contributed by atoms with van der Waals surface area (Å²) in [6.45, 7) is 16.6. The molecule has 32 heavy (non-hydrogen) atoms. The van der Waals surface area contributed by atoms with Crippen LogP contribution in [0.5, 0.6) is 0 Å². The first-order valence-corrected chi connectivity index (χ1v) is 11.0. The highest BCUT2D eigenvalue weighted by molar-refractivity contribution is 5.82. The predicted molar refractivity (Wildman–Crippen MR) is 121 cm³/mol. The minimum absolute atomic E-state index is 0.0676. The maximum absolute atomic E-state index is 12.9. The summed E-state index contributed by atoms with van der Waals surface area (Å²) in [5, 5.41) is 5.78. The first kappa shape index (κ1) is 27.4. The number of ether oxygens (including phenoxy) is 2. The molecule has 0 radical (unpaired) electrons. The third-order valence-electron chi connectivity index (χ3n) is 5.48. The SMILES string of the molecule is C=CC(=O)OCC(C)NC(=O)CC1(C)CC(C(=O)NC(C)COC(=O)C=C)CC(C)(C)C1. The second-order valence-electron chi connectivity index (χ2n) is 9.98. The topological polar surface area (TPSA) is 111 Å². The van der Waals surface area contributed by atoms with E-state index in [1.54, 1.807) is 13.8 Å². The molecular formula is C24H38N2O6. The highest BCUT2D eigenvalue weighted by Crippen LogP contribution is 2.50. The first-order chi connectivity index (χ1) is 14.8. The van der Waals surface area contributed by atoms with Gasteiger partial charge in [-0.25, -0.2) is 9.59 Å². The van der Waals surface area contributed by atoms with Crippen molar-refractivity contribution in [2.75, 3.05) is 13.2 Å². The van der Waals surface area contributed by atoms with Crippen LogP contribution in [-0.4, -0.2) is 49.1 Å². The van der Waals surface area contributed by atoms with E-state index in [0.717, 1.165) is 18.6 Å². The summed E-state index contributed by atoms with van der Waals surface area (Å²) < 4.78 is 9.96. The Morgan fingerprint density at radius 1 is 0.938 bits per heavy atom. The van der Waals surface area contributed by atoms with Gasteiger partial charge in [0.15, 0.2) is 0 Å². The second-order valence-corrected chi connectivity index (χ2v) is 9.98. The zero-order chi connectivity index (χ0) is 24.5. The van der Waals surface area contributed by atoms with E-state index < -0.39 is 11.9 Å². The number of hydrogen-bond donors (Lipinski definition) is 2. The van der Waals surface area contributed by atoms with Crippen molar-refractivity contribution in [1.82, 2.24) is 10.6 Å². The third-order valence-corrected chi connectivity index (χ3v) is 5.48. The quantitative estimate of drug-likeness (QED) is 0.370. The van der Waals surface area contributed by atoms with Crippen molar-refractivity contribution in [2.24, 2.45) is 16.7 Å². The fourth-order valence-corrected chi connectivity index (χ4v) is 4.64. The molecule has 0 heterocycles. The molecule has 0 aromatic rings. The summed E-state index contributed by atoms with van der Waals surface area (Å²) in [7, 11) is 0. The van der Waals surface area contributed by atoms with Gasteiger partial charge in [-0.05, 0) is 43.9 Å². The highest BCUT2D eigenvalue weighted by Gasteiger charge is 2.44. The van der Waals surface area contributed by atoms with E-state index in [1.807, 2.05) is 6.92 Å². The molecule has 2 N–H and O–H groups in total. The Balaban J connectivity index is 2.69. The van der Waals surface area contributed by atoms with E-state index in [9.17, 15) is 19.2 Å². The fourth-order valence-electron chi connectivity index (χ4n) is 4.64. The lowest BCUT2D eigenvalue weighted by Crippen LogP contribution is -2.47. The van der Waals surface area contributed by atoms with Crippen LogP contribution in [0, 0.1) is 16.7 Å². The van der Waals surface area contributed by atoms with Gasteiger partial charge in [-0.15, -0.1) is 0 Å². The highest BCUT2D eigenvalue weighted by atomic mass is 16.5. The van der Waals surface area contributed by atoms with Gasteiger partial charge in [-0.2, -0.15) is 0 Å². The van der Waals surface area contributed by atoms with Crippen LogP contribution < -0.4 is 10.6 Å². The molecule has 0 aromatic heterocycles. The monoisotopic (exact) mass is 450 g/mol. The molecule has 2 amide bonds. The molecule has 0 saturated heterocycles. The molecule has 4 unspecified atom stereocenters. The number of carbonyl (C=O) groups is 4. The predicted octanol–water partition coefficient (Wildman–Crippen LogP) is 2.68. The van der Waals surface area contributed by atoms with Crippen molar-refractivity contribution < 1.29 is 28.7 Å².